The van der Waals surface area contributed by atoms with Gasteiger partial charge in [-0.3, -0.25) is 19.3 Å². The Morgan fingerprint density at radius 1 is 1.11 bits per heavy atom. The van der Waals surface area contributed by atoms with E-state index in [1.165, 1.54) is 24.3 Å². The van der Waals surface area contributed by atoms with E-state index in [0.717, 1.165) is 11.0 Å². The van der Waals surface area contributed by atoms with E-state index >= 15 is 0 Å². The molecule has 0 spiro atoms. The van der Waals surface area contributed by atoms with E-state index in [2.05, 4.69) is 5.32 Å². The summed E-state index contributed by atoms with van der Waals surface area (Å²) in [6.07, 6.45) is 1.42. The first-order valence-electron chi connectivity index (χ1n) is 10.5. The molecule has 0 atom stereocenters. The van der Waals surface area contributed by atoms with Crippen LogP contribution in [-0.4, -0.2) is 41.1 Å². The molecule has 1 aliphatic heterocycles. The van der Waals surface area contributed by atoms with Crippen molar-refractivity contribution < 1.29 is 32.7 Å². The number of amides is 3. The van der Waals surface area contributed by atoms with Crippen molar-refractivity contribution in [3.8, 4) is 11.3 Å². The van der Waals surface area contributed by atoms with Crippen LogP contribution in [0.2, 0.25) is 0 Å². The summed E-state index contributed by atoms with van der Waals surface area (Å²) in [4.78, 5) is 49.9. The lowest BCUT2D eigenvalue weighted by Crippen LogP contribution is -2.36. The quantitative estimate of drug-likeness (QED) is 0.366. The topological polar surface area (TPSA) is 106 Å². The smallest absolute Gasteiger partial charge is 0.338 e. The highest BCUT2D eigenvalue weighted by Crippen LogP contribution is 2.33. The number of furan rings is 1. The predicted octanol–water partition coefficient (Wildman–Crippen LogP) is 4.94. The van der Waals surface area contributed by atoms with Crippen LogP contribution in [0.4, 0.5) is 14.9 Å². The fraction of sp³-hybridized carbons (Fsp3) is 0.120. The Bertz CT molecular complexity index is 1330. The second-order valence-electron chi connectivity index (χ2n) is 7.33. The van der Waals surface area contributed by atoms with Crippen molar-refractivity contribution >= 4 is 46.5 Å². The highest BCUT2D eigenvalue weighted by Gasteiger charge is 2.36. The molecule has 178 valence electrons. The van der Waals surface area contributed by atoms with Crippen LogP contribution in [0.5, 0.6) is 0 Å². The lowest BCUT2D eigenvalue weighted by molar-refractivity contribution is -0.127. The van der Waals surface area contributed by atoms with E-state index < -0.39 is 35.4 Å². The third-order valence-corrected chi connectivity index (χ3v) is 5.77. The van der Waals surface area contributed by atoms with Gasteiger partial charge < -0.3 is 14.5 Å². The molecule has 4 rings (SSSR count). The summed E-state index contributed by atoms with van der Waals surface area (Å²) in [5.74, 6) is -1.37. The second-order valence-corrected chi connectivity index (χ2v) is 8.32. The monoisotopic (exact) mass is 494 g/mol. The van der Waals surface area contributed by atoms with Crippen LogP contribution in [0.15, 0.2) is 70.0 Å². The van der Waals surface area contributed by atoms with Gasteiger partial charge in [0.1, 0.15) is 23.9 Å². The fourth-order valence-corrected chi connectivity index (χ4v) is 4.06. The minimum Gasteiger partial charge on any atom is -0.462 e. The first-order chi connectivity index (χ1) is 16.8. The van der Waals surface area contributed by atoms with Gasteiger partial charge in [-0.25, -0.2) is 9.18 Å². The fourth-order valence-electron chi connectivity index (χ4n) is 3.25. The molecule has 8 nitrogen and oxygen atoms in total. The molecule has 0 unspecified atom stereocenters. The number of carbonyl (C=O) groups is 4. The number of imide groups is 1. The number of hydrogen-bond donors (Lipinski definition) is 1. The third kappa shape index (κ3) is 5.67. The maximum absolute atomic E-state index is 13.3. The van der Waals surface area contributed by atoms with Gasteiger partial charge in [0, 0.05) is 17.3 Å². The maximum Gasteiger partial charge on any atom is 0.338 e. The Balaban J connectivity index is 1.42. The number of rotatable bonds is 7. The molecule has 1 N–H and O–H groups in total. The molecule has 1 fully saturated rings. The van der Waals surface area contributed by atoms with Crippen LogP contribution in [0.25, 0.3) is 17.4 Å². The number of thioether (sulfide) groups is 1. The van der Waals surface area contributed by atoms with Gasteiger partial charge in [0.2, 0.25) is 5.91 Å². The van der Waals surface area contributed by atoms with E-state index in [4.69, 9.17) is 9.15 Å². The van der Waals surface area contributed by atoms with Crippen LogP contribution in [0.3, 0.4) is 0 Å². The molecule has 2 heterocycles. The number of benzene rings is 2. The lowest BCUT2D eigenvalue weighted by Gasteiger charge is -2.12. The van der Waals surface area contributed by atoms with E-state index in [1.54, 1.807) is 43.3 Å². The van der Waals surface area contributed by atoms with Gasteiger partial charge in [0.05, 0.1) is 17.1 Å². The van der Waals surface area contributed by atoms with Crippen molar-refractivity contribution in [3.63, 3.8) is 0 Å². The van der Waals surface area contributed by atoms with Crippen molar-refractivity contribution in [2.75, 3.05) is 18.5 Å². The summed E-state index contributed by atoms with van der Waals surface area (Å²) in [5.41, 5.74) is 1.34. The largest absolute Gasteiger partial charge is 0.462 e. The van der Waals surface area contributed by atoms with E-state index in [1.807, 2.05) is 0 Å². The van der Waals surface area contributed by atoms with Gasteiger partial charge in [-0.1, -0.05) is 18.2 Å². The van der Waals surface area contributed by atoms with E-state index in [-0.39, 0.29) is 17.2 Å². The molecular weight excluding hydrogens is 475 g/mol. The van der Waals surface area contributed by atoms with Crippen LogP contribution in [0, 0.1) is 5.82 Å². The van der Waals surface area contributed by atoms with Crippen LogP contribution in [-0.2, 0) is 14.3 Å². The standard InChI is InChI=1S/C25H19FN2O6S/c1-2-33-24(31)16-8-6-15(7-9-16)20-11-10-19(34-20)13-21-23(30)28(25(32)35-21)14-22(29)27-18-5-3-4-17(26)12-18/h3-13H,2,14H2,1H3,(H,27,29)/b21-13+. The zero-order valence-corrected chi connectivity index (χ0v) is 19.3. The SMILES string of the molecule is CCOC(=O)c1ccc(-c2ccc(/C=C3/SC(=O)N(CC(=O)Nc4cccc(F)c4)C3=O)o2)cc1. The first-order valence-corrected chi connectivity index (χ1v) is 11.3. The number of hydrogen-bond acceptors (Lipinski definition) is 7. The molecule has 3 aromatic rings. The van der Waals surface area contributed by atoms with Crippen LogP contribution in [0.1, 0.15) is 23.0 Å². The highest BCUT2D eigenvalue weighted by atomic mass is 32.2. The Labute approximate surface area is 203 Å². The maximum atomic E-state index is 13.3. The number of nitrogens with zero attached hydrogens (tertiary/aromatic N) is 1. The Morgan fingerprint density at radius 2 is 1.89 bits per heavy atom. The predicted molar refractivity (Wildman–Crippen MR) is 128 cm³/mol. The molecule has 0 bridgehead atoms. The summed E-state index contributed by atoms with van der Waals surface area (Å²) in [6.45, 7) is 1.51. The van der Waals surface area contributed by atoms with Crippen molar-refractivity contribution in [2.45, 2.75) is 6.92 Å². The minimum absolute atomic E-state index is 0.104. The number of halogens is 1. The summed E-state index contributed by atoms with van der Waals surface area (Å²) < 4.78 is 24.0. The van der Waals surface area contributed by atoms with Crippen molar-refractivity contribution in [1.29, 1.82) is 0 Å². The van der Waals surface area contributed by atoms with Crippen molar-refractivity contribution in [2.24, 2.45) is 0 Å². The summed E-state index contributed by atoms with van der Waals surface area (Å²) in [5, 5.41) is 1.85. The van der Waals surface area contributed by atoms with Gasteiger partial charge in [-0.05, 0) is 61.2 Å². The van der Waals surface area contributed by atoms with Gasteiger partial charge in [-0.2, -0.15) is 0 Å². The number of esters is 1. The Morgan fingerprint density at radius 3 is 2.60 bits per heavy atom. The molecule has 1 aromatic heterocycles. The molecule has 0 radical (unpaired) electrons. The van der Waals surface area contributed by atoms with Crippen LogP contribution >= 0.6 is 11.8 Å². The van der Waals surface area contributed by atoms with Gasteiger partial charge >= 0.3 is 5.97 Å². The number of nitrogens with one attached hydrogen (secondary N) is 1. The van der Waals surface area contributed by atoms with E-state index in [0.29, 0.717) is 34.4 Å². The lowest BCUT2D eigenvalue weighted by atomic mass is 10.1. The Hall–Kier alpha value is -4.18. The van der Waals surface area contributed by atoms with Crippen LogP contribution < -0.4 is 5.32 Å². The molecule has 0 saturated carbocycles. The first kappa shape index (κ1) is 24.0. The van der Waals surface area contributed by atoms with Gasteiger partial charge in [0.15, 0.2) is 0 Å². The molecule has 2 aromatic carbocycles. The molecule has 1 aliphatic rings. The highest BCUT2D eigenvalue weighted by molar-refractivity contribution is 8.18. The normalized spacial score (nSPS) is 14.5. The second kappa shape index (κ2) is 10.4. The molecular formula is C25H19FN2O6S. The summed E-state index contributed by atoms with van der Waals surface area (Å²) >= 11 is 0.689. The number of carbonyl (C=O) groups excluding carboxylic acids is 4. The Kier molecular flexibility index (Phi) is 7.11. The average molecular weight is 495 g/mol. The molecule has 3 amide bonds. The average Bonchev–Trinajstić information content (AvgIpc) is 3.40. The van der Waals surface area contributed by atoms with Gasteiger partial charge in [-0.15, -0.1) is 0 Å². The summed E-state index contributed by atoms with van der Waals surface area (Å²) in [6, 6.07) is 15.3. The van der Waals surface area contributed by atoms with Crippen molar-refractivity contribution in [3.05, 3.63) is 82.7 Å². The zero-order chi connectivity index (χ0) is 24.9. The third-order valence-electron chi connectivity index (χ3n) is 4.86. The minimum atomic E-state index is -0.634. The molecule has 10 heteroatoms. The molecule has 1 saturated heterocycles. The zero-order valence-electron chi connectivity index (χ0n) is 18.4. The van der Waals surface area contributed by atoms with Gasteiger partial charge in [0.25, 0.3) is 11.1 Å². The molecule has 0 aliphatic carbocycles. The van der Waals surface area contributed by atoms with E-state index in [9.17, 15) is 23.6 Å². The number of anilines is 1. The summed E-state index contributed by atoms with van der Waals surface area (Å²) in [7, 11) is 0. The number of ether oxygens (including phenoxy) is 1. The molecule has 35 heavy (non-hydrogen) atoms. The van der Waals surface area contributed by atoms with Crippen molar-refractivity contribution in [1.82, 2.24) is 4.90 Å².